The lowest BCUT2D eigenvalue weighted by Gasteiger charge is -2.08. The van der Waals surface area contributed by atoms with Crippen LogP contribution in [0.2, 0.25) is 0 Å². The molecule has 1 heterocycles. The summed E-state index contributed by atoms with van der Waals surface area (Å²) >= 11 is 0. The van der Waals surface area contributed by atoms with Crippen LogP contribution in [0.4, 0.5) is 10.1 Å². The zero-order chi connectivity index (χ0) is 13.8. The summed E-state index contributed by atoms with van der Waals surface area (Å²) in [5.41, 5.74) is 2.79. The SMILES string of the molecule is CCOc1ccc(NCc2cn(C)nc2C)cc1F. The van der Waals surface area contributed by atoms with E-state index in [-0.39, 0.29) is 11.6 Å². The number of nitrogens with one attached hydrogen (secondary N) is 1. The number of hydrogen-bond acceptors (Lipinski definition) is 3. The Kier molecular flexibility index (Phi) is 4.04. The fourth-order valence-electron chi connectivity index (χ4n) is 1.90. The summed E-state index contributed by atoms with van der Waals surface area (Å²) in [6.45, 7) is 4.86. The van der Waals surface area contributed by atoms with Crippen molar-refractivity contribution in [1.29, 1.82) is 0 Å². The number of aryl methyl sites for hydroxylation is 2. The average molecular weight is 263 g/mol. The molecule has 0 saturated heterocycles. The Hall–Kier alpha value is -2.04. The molecule has 0 aliphatic rings. The van der Waals surface area contributed by atoms with Gasteiger partial charge < -0.3 is 10.1 Å². The minimum atomic E-state index is -0.352. The summed E-state index contributed by atoms with van der Waals surface area (Å²) < 4.78 is 20.6. The molecule has 5 heteroatoms. The minimum absolute atomic E-state index is 0.283. The molecule has 0 bridgehead atoms. The lowest BCUT2D eigenvalue weighted by Crippen LogP contribution is -2.01. The Balaban J connectivity index is 2.04. The predicted molar refractivity (Wildman–Crippen MR) is 72.8 cm³/mol. The Bertz CT molecular complexity index is 566. The van der Waals surface area contributed by atoms with Gasteiger partial charge in [-0.1, -0.05) is 0 Å². The maximum Gasteiger partial charge on any atom is 0.167 e. The smallest absolute Gasteiger partial charge is 0.167 e. The molecule has 102 valence electrons. The predicted octanol–water partition coefficient (Wildman–Crippen LogP) is 2.88. The Morgan fingerprint density at radius 1 is 1.42 bits per heavy atom. The molecule has 0 amide bonds. The van der Waals surface area contributed by atoms with Gasteiger partial charge in [0, 0.05) is 37.1 Å². The summed E-state index contributed by atoms with van der Waals surface area (Å²) in [7, 11) is 1.88. The number of halogens is 1. The van der Waals surface area contributed by atoms with Gasteiger partial charge in [0.15, 0.2) is 11.6 Å². The molecular weight excluding hydrogens is 245 g/mol. The third-order valence-corrected chi connectivity index (χ3v) is 2.83. The van der Waals surface area contributed by atoms with Crippen molar-refractivity contribution in [3.8, 4) is 5.75 Å². The van der Waals surface area contributed by atoms with E-state index in [9.17, 15) is 4.39 Å². The summed E-state index contributed by atoms with van der Waals surface area (Å²) in [6, 6.07) is 4.88. The second kappa shape index (κ2) is 5.73. The molecule has 0 aliphatic heterocycles. The lowest BCUT2D eigenvalue weighted by molar-refractivity contribution is 0.321. The fraction of sp³-hybridized carbons (Fsp3) is 0.357. The van der Waals surface area contributed by atoms with Gasteiger partial charge in [-0.05, 0) is 26.0 Å². The molecule has 1 N–H and O–H groups in total. The van der Waals surface area contributed by atoms with Gasteiger partial charge in [-0.3, -0.25) is 4.68 Å². The van der Waals surface area contributed by atoms with E-state index in [1.54, 1.807) is 16.8 Å². The van der Waals surface area contributed by atoms with Crippen molar-refractivity contribution in [1.82, 2.24) is 9.78 Å². The molecule has 19 heavy (non-hydrogen) atoms. The molecule has 0 saturated carbocycles. The molecule has 0 atom stereocenters. The third-order valence-electron chi connectivity index (χ3n) is 2.83. The van der Waals surface area contributed by atoms with E-state index in [0.29, 0.717) is 13.2 Å². The first kappa shape index (κ1) is 13.4. The van der Waals surface area contributed by atoms with Gasteiger partial charge >= 0.3 is 0 Å². The van der Waals surface area contributed by atoms with E-state index in [1.807, 2.05) is 27.1 Å². The van der Waals surface area contributed by atoms with Gasteiger partial charge in [0.25, 0.3) is 0 Å². The van der Waals surface area contributed by atoms with Crippen molar-refractivity contribution in [2.75, 3.05) is 11.9 Å². The molecule has 0 fully saturated rings. The van der Waals surface area contributed by atoms with Crippen LogP contribution >= 0.6 is 0 Å². The van der Waals surface area contributed by atoms with Crippen molar-refractivity contribution in [2.24, 2.45) is 7.05 Å². The largest absolute Gasteiger partial charge is 0.491 e. The second-order valence-electron chi connectivity index (χ2n) is 4.35. The fourth-order valence-corrected chi connectivity index (χ4v) is 1.90. The quantitative estimate of drug-likeness (QED) is 0.901. The Labute approximate surface area is 112 Å². The van der Waals surface area contributed by atoms with Gasteiger partial charge in [-0.15, -0.1) is 0 Å². The average Bonchev–Trinajstić information content (AvgIpc) is 2.68. The molecule has 0 unspecified atom stereocenters. The number of rotatable bonds is 5. The number of anilines is 1. The molecule has 2 aromatic rings. The Morgan fingerprint density at radius 2 is 2.21 bits per heavy atom. The third kappa shape index (κ3) is 3.24. The van der Waals surface area contributed by atoms with E-state index in [2.05, 4.69) is 10.4 Å². The molecular formula is C14H18FN3O. The van der Waals surface area contributed by atoms with Crippen LogP contribution in [0.5, 0.6) is 5.75 Å². The van der Waals surface area contributed by atoms with Crippen LogP contribution in [-0.4, -0.2) is 16.4 Å². The first-order valence-corrected chi connectivity index (χ1v) is 6.25. The second-order valence-corrected chi connectivity index (χ2v) is 4.35. The van der Waals surface area contributed by atoms with Crippen LogP contribution in [0.1, 0.15) is 18.2 Å². The van der Waals surface area contributed by atoms with E-state index < -0.39 is 0 Å². The normalized spacial score (nSPS) is 10.5. The first-order valence-electron chi connectivity index (χ1n) is 6.25. The first-order chi connectivity index (χ1) is 9.10. The highest BCUT2D eigenvalue weighted by molar-refractivity contribution is 5.47. The van der Waals surface area contributed by atoms with E-state index >= 15 is 0 Å². The molecule has 2 rings (SSSR count). The highest BCUT2D eigenvalue weighted by atomic mass is 19.1. The Morgan fingerprint density at radius 3 is 2.79 bits per heavy atom. The van der Waals surface area contributed by atoms with Crippen LogP contribution < -0.4 is 10.1 Å². The lowest BCUT2D eigenvalue weighted by atomic mass is 10.2. The summed E-state index contributed by atoms with van der Waals surface area (Å²) in [4.78, 5) is 0. The minimum Gasteiger partial charge on any atom is -0.491 e. The monoisotopic (exact) mass is 263 g/mol. The van der Waals surface area contributed by atoms with Gasteiger partial charge in [0.1, 0.15) is 0 Å². The molecule has 0 radical (unpaired) electrons. The highest BCUT2D eigenvalue weighted by Crippen LogP contribution is 2.21. The van der Waals surface area contributed by atoms with Crippen molar-refractivity contribution < 1.29 is 9.13 Å². The summed E-state index contributed by atoms with van der Waals surface area (Å²) in [5, 5.41) is 7.44. The van der Waals surface area contributed by atoms with Crippen molar-refractivity contribution >= 4 is 5.69 Å². The molecule has 0 spiro atoms. The molecule has 1 aromatic carbocycles. The van der Waals surface area contributed by atoms with Crippen LogP contribution in [0.3, 0.4) is 0 Å². The van der Waals surface area contributed by atoms with Gasteiger partial charge in [0.05, 0.1) is 12.3 Å². The summed E-state index contributed by atoms with van der Waals surface area (Å²) in [6.07, 6.45) is 1.95. The zero-order valence-corrected chi connectivity index (χ0v) is 11.4. The maximum absolute atomic E-state index is 13.7. The van der Waals surface area contributed by atoms with Crippen LogP contribution in [-0.2, 0) is 13.6 Å². The molecule has 4 nitrogen and oxygen atoms in total. The number of benzene rings is 1. The topological polar surface area (TPSA) is 39.1 Å². The van der Waals surface area contributed by atoms with Gasteiger partial charge in [-0.25, -0.2) is 4.39 Å². The molecule has 0 aliphatic carbocycles. The van der Waals surface area contributed by atoms with E-state index in [1.165, 1.54) is 6.07 Å². The highest BCUT2D eigenvalue weighted by Gasteiger charge is 2.06. The van der Waals surface area contributed by atoms with Crippen molar-refractivity contribution in [2.45, 2.75) is 20.4 Å². The summed E-state index contributed by atoms with van der Waals surface area (Å²) in [5.74, 6) is -0.0691. The number of aromatic nitrogens is 2. The van der Waals surface area contributed by atoms with Crippen LogP contribution in [0, 0.1) is 12.7 Å². The van der Waals surface area contributed by atoms with Crippen molar-refractivity contribution in [3.05, 3.63) is 41.5 Å². The van der Waals surface area contributed by atoms with E-state index in [0.717, 1.165) is 16.9 Å². The number of ether oxygens (including phenoxy) is 1. The maximum atomic E-state index is 13.7. The van der Waals surface area contributed by atoms with Crippen molar-refractivity contribution in [3.63, 3.8) is 0 Å². The van der Waals surface area contributed by atoms with E-state index in [4.69, 9.17) is 4.74 Å². The molecule has 1 aromatic heterocycles. The zero-order valence-electron chi connectivity index (χ0n) is 11.4. The van der Waals surface area contributed by atoms with Gasteiger partial charge in [0.2, 0.25) is 0 Å². The number of hydrogen-bond donors (Lipinski definition) is 1. The van der Waals surface area contributed by atoms with Crippen LogP contribution in [0.15, 0.2) is 24.4 Å². The standard InChI is InChI=1S/C14H18FN3O/c1-4-19-14-6-5-12(7-13(14)15)16-8-11-9-18(3)17-10(11)2/h5-7,9,16H,4,8H2,1-3H3. The van der Waals surface area contributed by atoms with Gasteiger partial charge in [-0.2, -0.15) is 5.10 Å². The number of nitrogens with zero attached hydrogens (tertiary/aromatic N) is 2. The van der Waals surface area contributed by atoms with Crippen LogP contribution in [0.25, 0.3) is 0 Å².